The molecule has 2 aliphatic rings. The summed E-state index contributed by atoms with van der Waals surface area (Å²) in [5, 5.41) is 13.9. The average Bonchev–Trinajstić information content (AvgIpc) is 2.93. The van der Waals surface area contributed by atoms with Crippen molar-refractivity contribution in [2.75, 3.05) is 19.7 Å². The van der Waals surface area contributed by atoms with Gasteiger partial charge in [0.25, 0.3) is 5.91 Å². The van der Waals surface area contributed by atoms with Gasteiger partial charge in [-0.15, -0.1) is 0 Å². The first-order valence-corrected chi connectivity index (χ1v) is 7.59. The van der Waals surface area contributed by atoms with Gasteiger partial charge in [0.15, 0.2) is 5.69 Å². The Kier molecular flexibility index (Phi) is 3.75. The molecular formula is C15H22N2O4. The van der Waals surface area contributed by atoms with Gasteiger partial charge in [-0.05, 0) is 26.7 Å². The molecule has 1 aliphatic carbocycles. The van der Waals surface area contributed by atoms with Gasteiger partial charge >= 0.3 is 0 Å². The molecule has 3 rings (SSSR count). The minimum Gasteiger partial charge on any atom is -0.392 e. The fourth-order valence-corrected chi connectivity index (χ4v) is 3.57. The second kappa shape index (κ2) is 5.42. The van der Waals surface area contributed by atoms with Crippen molar-refractivity contribution < 1.29 is 19.2 Å². The molecule has 1 spiro atoms. The van der Waals surface area contributed by atoms with Crippen LogP contribution in [0.4, 0.5) is 0 Å². The van der Waals surface area contributed by atoms with Crippen LogP contribution in [0.15, 0.2) is 10.6 Å². The fourth-order valence-electron chi connectivity index (χ4n) is 3.57. The number of rotatable bonds is 3. The second-order valence-electron chi connectivity index (χ2n) is 6.04. The largest absolute Gasteiger partial charge is 0.392 e. The number of amides is 1. The Labute approximate surface area is 124 Å². The number of hydrogen-bond acceptors (Lipinski definition) is 5. The summed E-state index contributed by atoms with van der Waals surface area (Å²) in [6.45, 7) is 5.67. The number of likely N-dealkylation sites (tertiary alicyclic amines) is 1. The zero-order valence-electron chi connectivity index (χ0n) is 12.5. The van der Waals surface area contributed by atoms with Gasteiger partial charge in [0.2, 0.25) is 0 Å². The number of carbonyl (C=O) groups is 1. The molecule has 1 saturated heterocycles. The van der Waals surface area contributed by atoms with Crippen LogP contribution in [0.25, 0.3) is 0 Å². The van der Waals surface area contributed by atoms with Gasteiger partial charge in [-0.25, -0.2) is 0 Å². The van der Waals surface area contributed by atoms with Crippen molar-refractivity contribution in [2.45, 2.75) is 45.3 Å². The van der Waals surface area contributed by atoms with Gasteiger partial charge in [-0.3, -0.25) is 4.79 Å². The Balaban J connectivity index is 1.63. The smallest absolute Gasteiger partial charge is 0.276 e. The zero-order chi connectivity index (χ0) is 15.0. The van der Waals surface area contributed by atoms with Crippen LogP contribution in [0.5, 0.6) is 0 Å². The van der Waals surface area contributed by atoms with Crippen LogP contribution in [0.3, 0.4) is 0 Å². The lowest BCUT2D eigenvalue weighted by Crippen LogP contribution is -2.62. The van der Waals surface area contributed by atoms with E-state index < -0.39 is 0 Å². The minimum atomic E-state index is -0.305. The van der Waals surface area contributed by atoms with Crippen LogP contribution in [0.2, 0.25) is 0 Å². The maximum atomic E-state index is 12.3. The van der Waals surface area contributed by atoms with E-state index in [0.717, 1.165) is 12.8 Å². The zero-order valence-corrected chi connectivity index (χ0v) is 12.5. The third-order valence-electron chi connectivity index (χ3n) is 4.94. The van der Waals surface area contributed by atoms with Crippen molar-refractivity contribution >= 4 is 5.91 Å². The molecule has 116 valence electrons. The summed E-state index contributed by atoms with van der Waals surface area (Å²) in [4.78, 5) is 14.1. The van der Waals surface area contributed by atoms with E-state index in [-0.39, 0.29) is 23.5 Å². The van der Waals surface area contributed by atoms with E-state index in [1.165, 1.54) is 0 Å². The second-order valence-corrected chi connectivity index (χ2v) is 6.04. The standard InChI is InChI=1S/C15H22N2O4/c1-3-20-13-9-12(18)15(13)4-6-17(7-5-15)14(19)11-8-10(2)21-16-11/h8,12-13,18H,3-7,9H2,1-2H3/t12-,13-/m1/s1. The van der Waals surface area contributed by atoms with E-state index in [1.807, 2.05) is 6.92 Å². The molecule has 1 N–H and O–H groups in total. The first-order chi connectivity index (χ1) is 10.1. The van der Waals surface area contributed by atoms with E-state index in [2.05, 4.69) is 5.16 Å². The van der Waals surface area contributed by atoms with Crippen LogP contribution >= 0.6 is 0 Å². The van der Waals surface area contributed by atoms with Crippen molar-refractivity contribution in [3.63, 3.8) is 0 Å². The summed E-state index contributed by atoms with van der Waals surface area (Å²) in [6, 6.07) is 1.66. The molecule has 1 aromatic heterocycles. The van der Waals surface area contributed by atoms with E-state index in [9.17, 15) is 9.90 Å². The number of aryl methyl sites for hydroxylation is 1. The number of nitrogens with zero attached hydrogens (tertiary/aromatic N) is 2. The lowest BCUT2D eigenvalue weighted by atomic mass is 9.58. The van der Waals surface area contributed by atoms with Crippen LogP contribution in [-0.4, -0.2) is 53.0 Å². The number of ether oxygens (including phenoxy) is 1. The normalized spacial score (nSPS) is 27.7. The summed E-state index contributed by atoms with van der Waals surface area (Å²) in [7, 11) is 0. The van der Waals surface area contributed by atoms with Crippen LogP contribution < -0.4 is 0 Å². The van der Waals surface area contributed by atoms with E-state index >= 15 is 0 Å². The van der Waals surface area contributed by atoms with Crippen LogP contribution in [-0.2, 0) is 4.74 Å². The number of aromatic nitrogens is 1. The Bertz CT molecular complexity index is 517. The monoisotopic (exact) mass is 294 g/mol. The third kappa shape index (κ3) is 2.36. The SMILES string of the molecule is CCO[C@@H]1C[C@@H](O)C12CCN(C(=O)c1cc(C)on1)CC2. The quantitative estimate of drug-likeness (QED) is 0.911. The van der Waals surface area contributed by atoms with Crippen molar-refractivity contribution in [3.05, 3.63) is 17.5 Å². The predicted molar refractivity (Wildman–Crippen MR) is 74.8 cm³/mol. The molecule has 2 atom stereocenters. The molecule has 0 aromatic carbocycles. The molecule has 0 radical (unpaired) electrons. The van der Waals surface area contributed by atoms with Gasteiger partial charge in [0, 0.05) is 37.6 Å². The van der Waals surface area contributed by atoms with E-state index in [0.29, 0.717) is 37.6 Å². The molecule has 2 fully saturated rings. The Morgan fingerprint density at radius 1 is 1.57 bits per heavy atom. The average molecular weight is 294 g/mol. The first-order valence-electron chi connectivity index (χ1n) is 7.59. The Hall–Kier alpha value is -1.40. The molecule has 0 unspecified atom stereocenters. The Morgan fingerprint density at radius 2 is 2.29 bits per heavy atom. The maximum absolute atomic E-state index is 12.3. The highest BCUT2D eigenvalue weighted by atomic mass is 16.5. The maximum Gasteiger partial charge on any atom is 0.276 e. The molecule has 6 heteroatoms. The lowest BCUT2D eigenvalue weighted by molar-refractivity contribution is -0.207. The van der Waals surface area contributed by atoms with Crippen molar-refractivity contribution in [1.29, 1.82) is 0 Å². The summed E-state index contributed by atoms with van der Waals surface area (Å²) < 4.78 is 10.7. The number of aliphatic hydroxyl groups is 1. The molecule has 1 saturated carbocycles. The van der Waals surface area contributed by atoms with Gasteiger partial charge in [0.05, 0.1) is 12.2 Å². The van der Waals surface area contributed by atoms with Crippen molar-refractivity contribution in [2.24, 2.45) is 5.41 Å². The summed E-state index contributed by atoms with van der Waals surface area (Å²) in [5.74, 6) is 0.543. The Morgan fingerprint density at radius 3 is 2.81 bits per heavy atom. The molecule has 2 heterocycles. The highest BCUT2D eigenvalue weighted by molar-refractivity contribution is 5.92. The molecule has 1 aliphatic heterocycles. The topological polar surface area (TPSA) is 75.8 Å². The molecular weight excluding hydrogens is 272 g/mol. The van der Waals surface area contributed by atoms with Gasteiger partial charge in [-0.1, -0.05) is 5.16 Å². The molecule has 1 aromatic rings. The van der Waals surface area contributed by atoms with Gasteiger partial charge in [0.1, 0.15) is 5.76 Å². The molecule has 0 bridgehead atoms. The van der Waals surface area contributed by atoms with Gasteiger partial charge in [-0.2, -0.15) is 0 Å². The predicted octanol–water partition coefficient (Wildman–Crippen LogP) is 1.38. The highest BCUT2D eigenvalue weighted by Crippen LogP contribution is 2.51. The van der Waals surface area contributed by atoms with Crippen LogP contribution in [0, 0.1) is 12.3 Å². The summed E-state index contributed by atoms with van der Waals surface area (Å²) in [5.41, 5.74) is 0.200. The van der Waals surface area contributed by atoms with Gasteiger partial charge < -0.3 is 19.3 Å². The van der Waals surface area contributed by atoms with E-state index in [1.54, 1.807) is 17.9 Å². The summed E-state index contributed by atoms with van der Waals surface area (Å²) >= 11 is 0. The summed E-state index contributed by atoms with van der Waals surface area (Å²) in [6.07, 6.45) is 2.09. The van der Waals surface area contributed by atoms with Crippen molar-refractivity contribution in [1.82, 2.24) is 10.1 Å². The lowest BCUT2D eigenvalue weighted by Gasteiger charge is -2.56. The fraction of sp³-hybridized carbons (Fsp3) is 0.733. The number of aliphatic hydroxyl groups excluding tert-OH is 1. The number of hydrogen-bond donors (Lipinski definition) is 1. The third-order valence-corrected chi connectivity index (χ3v) is 4.94. The molecule has 1 amide bonds. The number of carbonyl (C=O) groups excluding carboxylic acids is 1. The van der Waals surface area contributed by atoms with Crippen molar-refractivity contribution in [3.8, 4) is 0 Å². The van der Waals surface area contributed by atoms with Crippen LogP contribution in [0.1, 0.15) is 42.4 Å². The minimum absolute atomic E-state index is 0.0940. The molecule has 6 nitrogen and oxygen atoms in total. The first kappa shape index (κ1) is 14.5. The van der Waals surface area contributed by atoms with E-state index in [4.69, 9.17) is 9.26 Å². The number of piperidine rings is 1. The molecule has 21 heavy (non-hydrogen) atoms. The highest BCUT2D eigenvalue weighted by Gasteiger charge is 2.56.